The molecule has 56 heavy (non-hydrogen) atoms. The van der Waals surface area contributed by atoms with Crippen molar-refractivity contribution in [3.05, 3.63) is 154 Å². The van der Waals surface area contributed by atoms with E-state index < -0.39 is 23.3 Å². The third kappa shape index (κ3) is 11.6. The molecule has 0 saturated carbocycles. The van der Waals surface area contributed by atoms with Gasteiger partial charge < -0.3 is 38.0 Å². The molecule has 0 spiro atoms. The van der Waals surface area contributed by atoms with E-state index in [1.807, 2.05) is 60.7 Å². The molecule has 12 heteroatoms. The molecular formula is C44H40O12. The molecule has 2 N–H and O–H groups in total. The minimum atomic E-state index is -0.994. The molecule has 1 saturated heterocycles. The first-order valence-corrected chi connectivity index (χ1v) is 17.4. The molecule has 6 aromatic rings. The first-order chi connectivity index (χ1) is 26.9. The number of aromatic hydroxyl groups is 1. The van der Waals surface area contributed by atoms with Crippen LogP contribution in [0.3, 0.4) is 0 Å². The first kappa shape index (κ1) is 40.4. The second-order valence-corrected chi connectivity index (χ2v) is 12.7. The van der Waals surface area contributed by atoms with Gasteiger partial charge in [0.25, 0.3) is 0 Å². The van der Waals surface area contributed by atoms with Gasteiger partial charge in [0.15, 0.2) is 0 Å². The Morgan fingerprint density at radius 2 is 1.21 bits per heavy atom. The maximum atomic E-state index is 12.3. The number of esters is 2. The first-order valence-electron chi connectivity index (χ1n) is 17.4. The van der Waals surface area contributed by atoms with E-state index in [4.69, 9.17) is 27.8 Å². The number of hydrogen-bond donors (Lipinski definition) is 2. The standard InChI is InChI=1S/C22H20O6.C15H10O3.C7H10O3/c1-14(2)21(24)27-13-17(23)12-26-18-9-8-16-10-19(15-6-4-3-5-7-15)22(25)28-20(16)11-18;16-12-7-6-11-8-13(10-4-2-1-3-5-10)15(17)18-14(11)9-12;1-5(2)7(8)10-4-6-3-9-6/h3-11,17,23H,1,12-13H2,2H3;1-9,16H;6H,1,3-4H2,2H3. The van der Waals surface area contributed by atoms with Crippen LogP contribution in [-0.2, 0) is 23.8 Å². The van der Waals surface area contributed by atoms with E-state index in [9.17, 15) is 29.4 Å². The second-order valence-electron chi connectivity index (χ2n) is 12.7. The van der Waals surface area contributed by atoms with Gasteiger partial charge in [-0.3, -0.25) is 0 Å². The molecule has 1 fully saturated rings. The monoisotopic (exact) mass is 760 g/mol. The minimum Gasteiger partial charge on any atom is -0.508 e. The number of carbonyl (C=O) groups is 2. The van der Waals surface area contributed by atoms with Gasteiger partial charge in [-0.15, -0.1) is 0 Å². The minimum absolute atomic E-state index is 0.0816. The predicted octanol–water partition coefficient (Wildman–Crippen LogP) is 6.99. The molecule has 0 aliphatic carbocycles. The number of hydrogen-bond acceptors (Lipinski definition) is 12. The van der Waals surface area contributed by atoms with Gasteiger partial charge in [-0.2, -0.15) is 0 Å². The van der Waals surface area contributed by atoms with Crippen molar-refractivity contribution in [2.45, 2.75) is 26.1 Å². The summed E-state index contributed by atoms with van der Waals surface area (Å²) in [6.07, 6.45) is -0.852. The van der Waals surface area contributed by atoms with Gasteiger partial charge in [-0.1, -0.05) is 73.8 Å². The topological polar surface area (TPSA) is 175 Å². The lowest BCUT2D eigenvalue weighted by Gasteiger charge is -2.13. The van der Waals surface area contributed by atoms with Gasteiger partial charge in [0.05, 0.1) is 17.7 Å². The molecule has 7 rings (SSSR count). The fraction of sp³-hybridized carbons (Fsp3) is 0.182. The molecule has 2 aromatic heterocycles. The smallest absolute Gasteiger partial charge is 0.344 e. The van der Waals surface area contributed by atoms with E-state index in [1.54, 1.807) is 49.4 Å². The number of fused-ring (bicyclic) bond motifs is 2. The summed E-state index contributed by atoms with van der Waals surface area (Å²) in [7, 11) is 0. The lowest BCUT2D eigenvalue weighted by atomic mass is 10.1. The molecule has 0 bridgehead atoms. The zero-order valence-electron chi connectivity index (χ0n) is 30.8. The third-order valence-electron chi connectivity index (χ3n) is 7.95. The van der Waals surface area contributed by atoms with Gasteiger partial charge >= 0.3 is 23.2 Å². The Labute approximate surface area is 321 Å². The highest BCUT2D eigenvalue weighted by Crippen LogP contribution is 2.25. The Morgan fingerprint density at radius 3 is 1.73 bits per heavy atom. The summed E-state index contributed by atoms with van der Waals surface area (Å²) in [6.45, 7) is 10.8. The third-order valence-corrected chi connectivity index (χ3v) is 7.95. The quantitative estimate of drug-likeness (QED) is 0.0600. The van der Waals surface area contributed by atoms with Crippen LogP contribution in [0.5, 0.6) is 11.5 Å². The molecule has 288 valence electrons. The zero-order valence-corrected chi connectivity index (χ0v) is 30.8. The van der Waals surface area contributed by atoms with Crippen LogP contribution in [0.1, 0.15) is 13.8 Å². The van der Waals surface area contributed by atoms with Crippen molar-refractivity contribution in [3.8, 4) is 33.8 Å². The van der Waals surface area contributed by atoms with Crippen LogP contribution in [-0.4, -0.2) is 60.8 Å². The maximum Gasteiger partial charge on any atom is 0.344 e. The van der Waals surface area contributed by atoms with Crippen molar-refractivity contribution in [2.75, 3.05) is 26.4 Å². The molecule has 0 amide bonds. The molecule has 4 aromatic carbocycles. The summed E-state index contributed by atoms with van der Waals surface area (Å²) in [5, 5.41) is 20.7. The molecule has 3 heterocycles. The van der Waals surface area contributed by atoms with Crippen LogP contribution in [0.2, 0.25) is 0 Å². The van der Waals surface area contributed by atoms with Crippen LogP contribution in [0.15, 0.2) is 152 Å². The number of carbonyl (C=O) groups excluding carboxylic acids is 2. The van der Waals surface area contributed by atoms with Crippen LogP contribution >= 0.6 is 0 Å². The highest BCUT2D eigenvalue weighted by molar-refractivity contribution is 5.87. The lowest BCUT2D eigenvalue weighted by Crippen LogP contribution is -2.25. The average Bonchev–Trinajstić information content (AvgIpc) is 4.03. The summed E-state index contributed by atoms with van der Waals surface area (Å²) in [5.41, 5.74) is 3.22. The summed E-state index contributed by atoms with van der Waals surface area (Å²) in [6, 6.07) is 32.0. The number of phenolic OH excluding ortho intramolecular Hbond substituents is 1. The number of aliphatic hydroxyl groups excluding tert-OH is 1. The number of phenols is 1. The molecule has 0 radical (unpaired) electrons. The van der Waals surface area contributed by atoms with Gasteiger partial charge in [0.1, 0.15) is 54.7 Å². The molecule has 2 atom stereocenters. The Bertz CT molecular complexity index is 2440. The SMILES string of the molecule is C=C(C)C(=O)OCC(O)COc1ccc2cc(-c3ccccc3)c(=O)oc2c1.C=C(C)C(=O)OCC1CO1.O=c1oc2cc(O)ccc2cc1-c1ccccc1. The molecule has 1 aliphatic heterocycles. The summed E-state index contributed by atoms with van der Waals surface area (Å²) >= 11 is 0. The van der Waals surface area contributed by atoms with E-state index >= 15 is 0 Å². The Balaban J connectivity index is 0.000000182. The highest BCUT2D eigenvalue weighted by atomic mass is 16.6. The number of rotatable bonds is 11. The van der Waals surface area contributed by atoms with E-state index in [0.29, 0.717) is 46.8 Å². The summed E-state index contributed by atoms with van der Waals surface area (Å²) in [5.74, 6) is -0.400. The second kappa shape index (κ2) is 19.0. The fourth-order valence-electron chi connectivity index (χ4n) is 4.91. The lowest BCUT2D eigenvalue weighted by molar-refractivity contribution is -0.142. The van der Waals surface area contributed by atoms with E-state index in [0.717, 1.165) is 21.9 Å². The van der Waals surface area contributed by atoms with Crippen LogP contribution in [0.4, 0.5) is 0 Å². The van der Waals surface area contributed by atoms with Gasteiger partial charge in [-0.25, -0.2) is 19.2 Å². The number of aliphatic hydroxyl groups is 1. The van der Waals surface area contributed by atoms with Crippen molar-refractivity contribution >= 4 is 33.9 Å². The van der Waals surface area contributed by atoms with Crippen molar-refractivity contribution in [2.24, 2.45) is 0 Å². The normalized spacial score (nSPS) is 13.2. The van der Waals surface area contributed by atoms with Gasteiger partial charge in [0, 0.05) is 34.1 Å². The Kier molecular flexibility index (Phi) is 13.7. The van der Waals surface area contributed by atoms with Crippen molar-refractivity contribution in [1.82, 2.24) is 0 Å². The van der Waals surface area contributed by atoms with E-state index in [1.165, 1.54) is 13.0 Å². The fourth-order valence-corrected chi connectivity index (χ4v) is 4.91. The number of benzene rings is 4. The zero-order chi connectivity index (χ0) is 40.2. The maximum absolute atomic E-state index is 12.3. The molecule has 2 unspecified atom stereocenters. The van der Waals surface area contributed by atoms with Crippen LogP contribution in [0.25, 0.3) is 44.2 Å². The molecule has 1 aliphatic rings. The van der Waals surface area contributed by atoms with E-state index in [2.05, 4.69) is 13.2 Å². The average molecular weight is 761 g/mol. The van der Waals surface area contributed by atoms with Crippen LogP contribution in [0, 0.1) is 0 Å². The number of epoxide rings is 1. The molecular weight excluding hydrogens is 720 g/mol. The van der Waals surface area contributed by atoms with E-state index in [-0.39, 0.29) is 36.6 Å². The molecule has 12 nitrogen and oxygen atoms in total. The van der Waals surface area contributed by atoms with Gasteiger partial charge in [-0.05, 0) is 61.4 Å². The number of ether oxygens (including phenoxy) is 4. The van der Waals surface area contributed by atoms with Gasteiger partial charge in [0.2, 0.25) is 0 Å². The summed E-state index contributed by atoms with van der Waals surface area (Å²) < 4.78 is 30.6. The van der Waals surface area contributed by atoms with Crippen molar-refractivity contribution in [3.63, 3.8) is 0 Å². The van der Waals surface area contributed by atoms with Crippen molar-refractivity contribution < 1.29 is 47.6 Å². The highest BCUT2D eigenvalue weighted by Gasteiger charge is 2.24. The predicted molar refractivity (Wildman–Crippen MR) is 210 cm³/mol. The summed E-state index contributed by atoms with van der Waals surface area (Å²) in [4.78, 5) is 46.2. The largest absolute Gasteiger partial charge is 0.508 e. The van der Waals surface area contributed by atoms with Crippen LogP contribution < -0.4 is 16.0 Å². The Morgan fingerprint density at radius 1 is 0.714 bits per heavy atom. The Hall–Kier alpha value is -6.76. The van der Waals surface area contributed by atoms with Crippen molar-refractivity contribution in [1.29, 1.82) is 0 Å².